The summed E-state index contributed by atoms with van der Waals surface area (Å²) < 4.78 is 1.79. The fraction of sp³-hybridized carbons (Fsp3) is 0.625. The molecule has 0 unspecified atom stereocenters. The number of rotatable bonds is 5. The topological polar surface area (TPSA) is 29.9 Å². The predicted molar refractivity (Wildman–Crippen MR) is 63.3 cm³/mol. The number of halogens is 2. The Balaban J connectivity index is 2.49. The van der Waals surface area contributed by atoms with Crippen LogP contribution in [0.1, 0.15) is 5.69 Å². The second-order valence-electron chi connectivity index (χ2n) is 2.85. The number of aromatic nitrogens is 2. The lowest BCUT2D eigenvalue weighted by Crippen LogP contribution is -2.18. The fourth-order valence-corrected chi connectivity index (χ4v) is 1.89. The second-order valence-corrected chi connectivity index (χ2v) is 4.53. The summed E-state index contributed by atoms with van der Waals surface area (Å²) >= 11 is 13.5. The highest BCUT2D eigenvalue weighted by Crippen LogP contribution is 2.18. The van der Waals surface area contributed by atoms with Crippen molar-refractivity contribution < 1.29 is 0 Å². The molecule has 1 N–H and O–H groups in total. The first kappa shape index (κ1) is 12.2. The highest BCUT2D eigenvalue weighted by molar-refractivity contribution is 7.98. The minimum Gasteiger partial charge on any atom is -0.319 e. The Labute approximate surface area is 98.2 Å². The van der Waals surface area contributed by atoms with E-state index in [2.05, 4.69) is 16.6 Å². The Morgan fingerprint density at radius 2 is 2.21 bits per heavy atom. The summed E-state index contributed by atoms with van der Waals surface area (Å²) in [5, 5.41) is 4.18. The molecule has 1 rings (SSSR count). The molecular weight excluding hydrogens is 241 g/mol. The molecule has 1 aromatic heterocycles. The van der Waals surface area contributed by atoms with Gasteiger partial charge in [0.1, 0.15) is 0 Å². The molecule has 1 aromatic rings. The monoisotopic (exact) mass is 253 g/mol. The first-order chi connectivity index (χ1) is 6.66. The molecular formula is C8H13Cl2N3S. The van der Waals surface area contributed by atoms with Crippen molar-refractivity contribution in [2.45, 2.75) is 6.54 Å². The van der Waals surface area contributed by atoms with Gasteiger partial charge in [-0.3, -0.25) is 0 Å². The lowest BCUT2D eigenvalue weighted by atomic mass is 10.4. The molecule has 1 heterocycles. The smallest absolute Gasteiger partial charge is 0.204 e. The third kappa shape index (κ3) is 3.05. The molecule has 6 heteroatoms. The third-order valence-electron chi connectivity index (χ3n) is 1.89. The van der Waals surface area contributed by atoms with E-state index in [0.717, 1.165) is 18.0 Å². The number of hydrogen-bond acceptors (Lipinski definition) is 3. The standard InChI is InChI=1S/C8H13Cl2N3S/c1-13-6(5-11-3-4-14-2)7(9)12-8(13)10/h11H,3-5H2,1-2H3. The van der Waals surface area contributed by atoms with Crippen molar-refractivity contribution in [2.24, 2.45) is 7.05 Å². The molecule has 0 atom stereocenters. The van der Waals surface area contributed by atoms with Gasteiger partial charge in [-0.25, -0.2) is 4.98 Å². The van der Waals surface area contributed by atoms with E-state index in [1.807, 2.05) is 7.05 Å². The van der Waals surface area contributed by atoms with Crippen LogP contribution >= 0.6 is 35.0 Å². The number of nitrogens with one attached hydrogen (secondary N) is 1. The van der Waals surface area contributed by atoms with E-state index < -0.39 is 0 Å². The Morgan fingerprint density at radius 1 is 1.50 bits per heavy atom. The van der Waals surface area contributed by atoms with Gasteiger partial charge in [-0.15, -0.1) is 0 Å². The highest BCUT2D eigenvalue weighted by Gasteiger charge is 2.10. The van der Waals surface area contributed by atoms with Gasteiger partial charge in [-0.1, -0.05) is 11.6 Å². The van der Waals surface area contributed by atoms with Crippen LogP contribution in [0.15, 0.2) is 0 Å². The minimum atomic E-state index is 0.427. The average molecular weight is 254 g/mol. The Kier molecular flexibility index (Phi) is 5.09. The van der Waals surface area contributed by atoms with Crippen LogP contribution in [-0.2, 0) is 13.6 Å². The van der Waals surface area contributed by atoms with Gasteiger partial charge in [0.05, 0.1) is 5.69 Å². The lowest BCUT2D eigenvalue weighted by Gasteiger charge is -2.05. The summed E-state index contributed by atoms with van der Waals surface area (Å²) in [6.07, 6.45) is 2.08. The molecule has 0 aliphatic rings. The summed E-state index contributed by atoms with van der Waals surface area (Å²) in [6, 6.07) is 0. The van der Waals surface area contributed by atoms with Gasteiger partial charge in [0.2, 0.25) is 5.28 Å². The quantitative estimate of drug-likeness (QED) is 0.817. The zero-order valence-electron chi connectivity index (χ0n) is 8.18. The van der Waals surface area contributed by atoms with Crippen LogP contribution in [0.2, 0.25) is 10.4 Å². The zero-order chi connectivity index (χ0) is 10.6. The highest BCUT2D eigenvalue weighted by atomic mass is 35.5. The van der Waals surface area contributed by atoms with Crippen molar-refractivity contribution in [1.29, 1.82) is 0 Å². The third-order valence-corrected chi connectivity index (χ3v) is 3.14. The summed E-state index contributed by atoms with van der Waals surface area (Å²) in [5.41, 5.74) is 0.928. The first-order valence-electron chi connectivity index (χ1n) is 4.23. The van der Waals surface area contributed by atoms with E-state index in [1.165, 1.54) is 0 Å². The van der Waals surface area contributed by atoms with Crippen LogP contribution < -0.4 is 5.32 Å². The summed E-state index contributed by atoms with van der Waals surface area (Å²) in [5.74, 6) is 1.09. The van der Waals surface area contributed by atoms with Crippen LogP contribution in [0.5, 0.6) is 0 Å². The molecule has 3 nitrogen and oxygen atoms in total. The maximum Gasteiger partial charge on any atom is 0.204 e. The van der Waals surface area contributed by atoms with Crippen molar-refractivity contribution in [2.75, 3.05) is 18.6 Å². The molecule has 0 fully saturated rings. The van der Waals surface area contributed by atoms with E-state index in [9.17, 15) is 0 Å². The van der Waals surface area contributed by atoms with E-state index in [1.54, 1.807) is 16.3 Å². The molecule has 0 aromatic carbocycles. The van der Waals surface area contributed by atoms with Gasteiger partial charge < -0.3 is 9.88 Å². The normalized spacial score (nSPS) is 10.9. The largest absolute Gasteiger partial charge is 0.319 e. The van der Waals surface area contributed by atoms with E-state index in [-0.39, 0.29) is 0 Å². The molecule has 0 saturated heterocycles. The van der Waals surface area contributed by atoms with Crippen LogP contribution in [0, 0.1) is 0 Å². The average Bonchev–Trinajstić information content (AvgIpc) is 2.38. The van der Waals surface area contributed by atoms with Crippen LogP contribution in [-0.4, -0.2) is 28.1 Å². The van der Waals surface area contributed by atoms with Gasteiger partial charge in [0.15, 0.2) is 5.15 Å². The first-order valence-corrected chi connectivity index (χ1v) is 6.38. The predicted octanol–water partition coefficient (Wildman–Crippen LogP) is 2.18. The van der Waals surface area contributed by atoms with Crippen molar-refractivity contribution in [3.05, 3.63) is 16.1 Å². The second kappa shape index (κ2) is 5.85. The summed E-state index contributed by atoms with van der Waals surface area (Å²) in [4.78, 5) is 3.96. The molecule has 0 amide bonds. The summed E-state index contributed by atoms with van der Waals surface area (Å²) in [6.45, 7) is 1.66. The van der Waals surface area contributed by atoms with Gasteiger partial charge in [0.25, 0.3) is 0 Å². The van der Waals surface area contributed by atoms with Crippen LogP contribution in [0.3, 0.4) is 0 Å². The summed E-state index contributed by atoms with van der Waals surface area (Å²) in [7, 11) is 1.85. The molecule has 80 valence electrons. The fourth-order valence-electron chi connectivity index (χ4n) is 1.04. The van der Waals surface area contributed by atoms with Crippen LogP contribution in [0.4, 0.5) is 0 Å². The SMILES string of the molecule is CSCCNCc1c(Cl)nc(Cl)n1C. The van der Waals surface area contributed by atoms with Crippen molar-refractivity contribution in [3.8, 4) is 0 Å². The van der Waals surface area contributed by atoms with E-state index in [4.69, 9.17) is 23.2 Å². The molecule has 0 radical (unpaired) electrons. The van der Waals surface area contributed by atoms with Gasteiger partial charge in [-0.2, -0.15) is 11.8 Å². The Bertz CT molecular complexity index is 301. The molecule has 0 saturated carbocycles. The van der Waals surface area contributed by atoms with E-state index >= 15 is 0 Å². The van der Waals surface area contributed by atoms with E-state index in [0.29, 0.717) is 17.0 Å². The molecule has 0 spiro atoms. The van der Waals surface area contributed by atoms with Crippen molar-refractivity contribution in [1.82, 2.24) is 14.9 Å². The Morgan fingerprint density at radius 3 is 2.71 bits per heavy atom. The Hall–Kier alpha value is 0.1000. The molecule has 0 aliphatic heterocycles. The van der Waals surface area contributed by atoms with Gasteiger partial charge in [-0.05, 0) is 17.9 Å². The lowest BCUT2D eigenvalue weighted by molar-refractivity contribution is 0.684. The minimum absolute atomic E-state index is 0.427. The maximum absolute atomic E-state index is 5.90. The number of nitrogens with zero attached hydrogens (tertiary/aromatic N) is 2. The number of thioether (sulfide) groups is 1. The van der Waals surface area contributed by atoms with Crippen molar-refractivity contribution >= 4 is 35.0 Å². The molecule has 0 bridgehead atoms. The van der Waals surface area contributed by atoms with Crippen molar-refractivity contribution in [3.63, 3.8) is 0 Å². The zero-order valence-corrected chi connectivity index (χ0v) is 10.5. The molecule has 0 aliphatic carbocycles. The number of imidazole rings is 1. The van der Waals surface area contributed by atoms with Gasteiger partial charge >= 0.3 is 0 Å². The molecule has 14 heavy (non-hydrogen) atoms. The van der Waals surface area contributed by atoms with Crippen LogP contribution in [0.25, 0.3) is 0 Å². The maximum atomic E-state index is 5.90. The van der Waals surface area contributed by atoms with Gasteiger partial charge in [0, 0.05) is 25.9 Å². The number of hydrogen-bond donors (Lipinski definition) is 1.